The van der Waals surface area contributed by atoms with Gasteiger partial charge in [-0.2, -0.15) is 5.10 Å². The average Bonchev–Trinajstić information content (AvgIpc) is 3.33. The number of hydrogen-bond acceptors (Lipinski definition) is 4. The van der Waals surface area contributed by atoms with E-state index in [1.807, 2.05) is 37.3 Å². The van der Waals surface area contributed by atoms with E-state index in [0.717, 1.165) is 17.3 Å². The molecule has 0 radical (unpaired) electrons. The molecule has 10 heteroatoms. The van der Waals surface area contributed by atoms with Crippen molar-refractivity contribution < 1.29 is 27.6 Å². The topological polar surface area (TPSA) is 82.1 Å². The summed E-state index contributed by atoms with van der Waals surface area (Å²) in [7, 11) is 0. The van der Waals surface area contributed by atoms with Crippen molar-refractivity contribution in [2.45, 2.75) is 32.6 Å². The Hall–Kier alpha value is -3.69. The maximum absolute atomic E-state index is 13.8. The highest BCUT2D eigenvalue weighted by molar-refractivity contribution is 6.02. The molecular formula is C24H25F3N4O3. The number of nitrogens with zero attached hydrogens (tertiary/aromatic N) is 3. The van der Waals surface area contributed by atoms with Gasteiger partial charge in [-0.25, -0.2) is 18.2 Å². The molecule has 0 fully saturated rings. The number of rotatable bonds is 9. The molecule has 34 heavy (non-hydrogen) atoms. The third-order valence-corrected chi connectivity index (χ3v) is 5.24. The van der Waals surface area contributed by atoms with Gasteiger partial charge in [-0.15, -0.1) is 0 Å². The molecule has 1 aliphatic rings. The van der Waals surface area contributed by atoms with E-state index in [1.165, 1.54) is 9.91 Å². The fourth-order valence-electron chi connectivity index (χ4n) is 3.52. The molecule has 0 atom stereocenters. The molecule has 0 unspecified atom stereocenters. The highest BCUT2D eigenvalue weighted by Crippen LogP contribution is 2.20. The quantitative estimate of drug-likeness (QED) is 0.563. The second-order valence-electron chi connectivity index (χ2n) is 7.77. The minimum atomic E-state index is -1.70. The van der Waals surface area contributed by atoms with Crippen LogP contribution in [0.5, 0.6) is 0 Å². The summed E-state index contributed by atoms with van der Waals surface area (Å²) in [5.74, 6) is -6.09. The van der Waals surface area contributed by atoms with Crippen LogP contribution in [-0.4, -0.2) is 53.0 Å². The van der Waals surface area contributed by atoms with Crippen molar-refractivity contribution in [3.63, 3.8) is 0 Å². The fraction of sp³-hybridized carbons (Fsp3) is 0.333. The van der Waals surface area contributed by atoms with Crippen molar-refractivity contribution in [2.75, 3.05) is 25.0 Å². The lowest BCUT2D eigenvalue weighted by Crippen LogP contribution is -2.39. The van der Waals surface area contributed by atoms with Gasteiger partial charge in [-0.3, -0.25) is 14.4 Å². The molecule has 180 valence electrons. The normalized spacial score (nSPS) is 12.9. The molecule has 0 aliphatic carbocycles. The largest absolute Gasteiger partial charge is 0.333 e. The van der Waals surface area contributed by atoms with Gasteiger partial charge in [0.15, 0.2) is 17.5 Å². The first kappa shape index (κ1) is 24.9. The fourth-order valence-corrected chi connectivity index (χ4v) is 3.52. The number of benzene rings is 2. The Labute approximate surface area is 195 Å². The minimum Gasteiger partial charge on any atom is -0.333 e. The van der Waals surface area contributed by atoms with Gasteiger partial charge in [0, 0.05) is 25.8 Å². The monoisotopic (exact) mass is 474 g/mol. The van der Waals surface area contributed by atoms with Crippen LogP contribution in [0.15, 0.2) is 47.6 Å². The molecule has 0 bridgehead atoms. The standard InChI is InChI=1S/C24H25F3N4O3/c1-2-13-30(15-20(32)28-19-9-8-17(25)23(26)24(19)27)21(33)10-11-22(34)31-14-12-18(29-31)16-6-4-3-5-7-16/h3-9H,2,10-15H2,1H3,(H,28,32). The van der Waals surface area contributed by atoms with E-state index < -0.39 is 41.5 Å². The maximum Gasteiger partial charge on any atom is 0.244 e. The number of halogens is 3. The second-order valence-corrected chi connectivity index (χ2v) is 7.77. The molecule has 2 aromatic rings. The SMILES string of the molecule is CCCN(CC(=O)Nc1ccc(F)c(F)c1F)C(=O)CCC(=O)N1CCC(c2ccccc2)=N1. The zero-order valence-electron chi connectivity index (χ0n) is 18.7. The van der Waals surface area contributed by atoms with Crippen molar-refractivity contribution in [1.82, 2.24) is 9.91 Å². The number of carbonyl (C=O) groups excluding carboxylic acids is 3. The van der Waals surface area contributed by atoms with Crippen molar-refractivity contribution >= 4 is 29.1 Å². The third-order valence-electron chi connectivity index (χ3n) is 5.24. The molecule has 0 saturated carbocycles. The first-order valence-electron chi connectivity index (χ1n) is 10.9. The van der Waals surface area contributed by atoms with Gasteiger partial charge < -0.3 is 10.2 Å². The maximum atomic E-state index is 13.8. The molecule has 2 aromatic carbocycles. The van der Waals surface area contributed by atoms with Crippen LogP contribution in [0, 0.1) is 17.5 Å². The van der Waals surface area contributed by atoms with E-state index in [1.54, 1.807) is 0 Å². The Morgan fingerprint density at radius 3 is 2.47 bits per heavy atom. The molecule has 1 heterocycles. The summed E-state index contributed by atoms with van der Waals surface area (Å²) >= 11 is 0. The second kappa shape index (κ2) is 11.4. The molecule has 0 aromatic heterocycles. The van der Waals surface area contributed by atoms with Crippen LogP contribution in [0.1, 0.15) is 38.2 Å². The number of hydrogen-bond donors (Lipinski definition) is 1. The Morgan fingerprint density at radius 1 is 1.03 bits per heavy atom. The number of hydrazone groups is 1. The highest BCUT2D eigenvalue weighted by atomic mass is 19.2. The zero-order chi connectivity index (χ0) is 24.7. The molecule has 7 nitrogen and oxygen atoms in total. The number of carbonyl (C=O) groups is 3. The van der Waals surface area contributed by atoms with Gasteiger partial charge in [0.25, 0.3) is 0 Å². The predicted octanol–water partition coefficient (Wildman–Crippen LogP) is 3.70. The number of amides is 3. The Morgan fingerprint density at radius 2 is 1.76 bits per heavy atom. The summed E-state index contributed by atoms with van der Waals surface area (Å²) in [6.45, 7) is 2.06. The van der Waals surface area contributed by atoms with E-state index in [0.29, 0.717) is 25.5 Å². The van der Waals surface area contributed by atoms with Gasteiger partial charge in [-0.1, -0.05) is 37.3 Å². The summed E-state index contributed by atoms with van der Waals surface area (Å²) in [6.07, 6.45) is 0.956. The first-order valence-corrected chi connectivity index (χ1v) is 10.9. The summed E-state index contributed by atoms with van der Waals surface area (Å²) in [6, 6.07) is 11.1. The van der Waals surface area contributed by atoms with Gasteiger partial charge in [0.05, 0.1) is 24.5 Å². The van der Waals surface area contributed by atoms with Gasteiger partial charge in [0.1, 0.15) is 0 Å². The molecule has 0 saturated heterocycles. The molecule has 3 rings (SSSR count). The Bertz CT molecular complexity index is 1090. The van der Waals surface area contributed by atoms with E-state index >= 15 is 0 Å². The molecule has 0 spiro atoms. The summed E-state index contributed by atoms with van der Waals surface area (Å²) < 4.78 is 40.2. The summed E-state index contributed by atoms with van der Waals surface area (Å²) in [5.41, 5.74) is 1.21. The lowest BCUT2D eigenvalue weighted by atomic mass is 10.1. The van der Waals surface area contributed by atoms with E-state index in [4.69, 9.17) is 0 Å². The Balaban J connectivity index is 1.54. The van der Waals surface area contributed by atoms with Crippen LogP contribution in [-0.2, 0) is 14.4 Å². The average molecular weight is 474 g/mol. The predicted molar refractivity (Wildman–Crippen MR) is 120 cm³/mol. The summed E-state index contributed by atoms with van der Waals surface area (Å²) in [4.78, 5) is 38.7. The van der Waals surface area contributed by atoms with Crippen LogP contribution < -0.4 is 5.32 Å². The lowest BCUT2D eigenvalue weighted by molar-refractivity contribution is -0.138. The van der Waals surface area contributed by atoms with Gasteiger partial charge in [-0.05, 0) is 24.1 Å². The van der Waals surface area contributed by atoms with Crippen molar-refractivity contribution in [3.8, 4) is 0 Å². The number of nitrogens with one attached hydrogen (secondary N) is 1. The van der Waals surface area contributed by atoms with Crippen LogP contribution >= 0.6 is 0 Å². The zero-order valence-corrected chi connectivity index (χ0v) is 18.7. The highest BCUT2D eigenvalue weighted by Gasteiger charge is 2.24. The van der Waals surface area contributed by atoms with Gasteiger partial charge >= 0.3 is 0 Å². The van der Waals surface area contributed by atoms with Crippen LogP contribution in [0.2, 0.25) is 0 Å². The van der Waals surface area contributed by atoms with E-state index in [-0.39, 0.29) is 25.3 Å². The van der Waals surface area contributed by atoms with Crippen LogP contribution in [0.3, 0.4) is 0 Å². The van der Waals surface area contributed by atoms with Crippen molar-refractivity contribution in [2.24, 2.45) is 5.10 Å². The summed E-state index contributed by atoms with van der Waals surface area (Å²) in [5, 5.41) is 7.84. The molecule has 3 amide bonds. The lowest BCUT2D eigenvalue weighted by Gasteiger charge is -2.22. The molecule has 1 N–H and O–H groups in total. The van der Waals surface area contributed by atoms with Crippen molar-refractivity contribution in [3.05, 3.63) is 65.5 Å². The first-order chi connectivity index (χ1) is 16.3. The molecular weight excluding hydrogens is 449 g/mol. The smallest absolute Gasteiger partial charge is 0.244 e. The van der Waals surface area contributed by atoms with Crippen LogP contribution in [0.25, 0.3) is 0 Å². The van der Waals surface area contributed by atoms with Gasteiger partial charge in [0.2, 0.25) is 17.7 Å². The Kier molecular flexibility index (Phi) is 8.39. The van der Waals surface area contributed by atoms with Crippen molar-refractivity contribution in [1.29, 1.82) is 0 Å². The minimum absolute atomic E-state index is 0.0793. The molecule has 1 aliphatic heterocycles. The van der Waals surface area contributed by atoms with Crippen LogP contribution in [0.4, 0.5) is 18.9 Å². The number of anilines is 1. The third kappa shape index (κ3) is 6.21. The van der Waals surface area contributed by atoms with E-state index in [2.05, 4.69) is 10.4 Å². The van der Waals surface area contributed by atoms with E-state index in [9.17, 15) is 27.6 Å².